The fourth-order valence-electron chi connectivity index (χ4n) is 4.16. The Balaban J connectivity index is 2.15. The normalized spacial score (nSPS) is 11.8. The summed E-state index contributed by atoms with van der Waals surface area (Å²) in [6.07, 6.45) is 10.1. The quantitative estimate of drug-likeness (QED) is 0.195. The molecule has 0 amide bonds. The molecule has 196 valence electrons. The number of hydrogen-bond donors (Lipinski definition) is 1. The van der Waals surface area contributed by atoms with Crippen LogP contribution in [0.4, 0.5) is 0 Å². The van der Waals surface area contributed by atoms with Gasteiger partial charge >= 0.3 is 10.1 Å². The van der Waals surface area contributed by atoms with Gasteiger partial charge in [-0.15, -0.1) is 6.58 Å². The Labute approximate surface area is 222 Å². The van der Waals surface area contributed by atoms with E-state index in [-0.39, 0.29) is 16.4 Å². The predicted octanol–water partition coefficient (Wildman–Crippen LogP) is 7.96. The highest BCUT2D eigenvalue weighted by molar-refractivity contribution is 7.87. The molecule has 5 heteroatoms. The molecule has 3 rings (SSSR count). The van der Waals surface area contributed by atoms with Crippen molar-refractivity contribution in [2.75, 3.05) is 0 Å². The van der Waals surface area contributed by atoms with Gasteiger partial charge in [0.25, 0.3) is 0 Å². The lowest BCUT2D eigenvalue weighted by atomic mass is 9.92. The lowest BCUT2D eigenvalue weighted by Gasteiger charge is -2.18. The van der Waals surface area contributed by atoms with E-state index in [2.05, 4.69) is 33.4 Å². The van der Waals surface area contributed by atoms with Crippen LogP contribution in [-0.2, 0) is 29.4 Å². The average molecular weight is 519 g/mol. The zero-order valence-electron chi connectivity index (χ0n) is 22.3. The van der Waals surface area contributed by atoms with Crippen molar-refractivity contribution >= 4 is 10.1 Å². The van der Waals surface area contributed by atoms with Crippen LogP contribution < -0.4 is 4.18 Å². The van der Waals surface area contributed by atoms with Gasteiger partial charge < -0.3 is 9.29 Å². The van der Waals surface area contributed by atoms with E-state index in [1.807, 2.05) is 37.3 Å². The number of phenols is 1. The Bertz CT molecular complexity index is 1350. The van der Waals surface area contributed by atoms with E-state index >= 15 is 0 Å². The van der Waals surface area contributed by atoms with Gasteiger partial charge in [0, 0.05) is 5.56 Å². The minimum atomic E-state index is -4.05. The molecule has 0 aromatic heterocycles. The zero-order valence-corrected chi connectivity index (χ0v) is 23.1. The summed E-state index contributed by atoms with van der Waals surface area (Å²) in [6.45, 7) is 12.2. The number of rotatable bonds is 12. The molecule has 0 unspecified atom stereocenters. The maximum atomic E-state index is 13.3. The summed E-state index contributed by atoms with van der Waals surface area (Å²) >= 11 is 0. The summed E-state index contributed by atoms with van der Waals surface area (Å²) in [5.74, 6) is 0.904. The molecule has 1 N–H and O–H groups in total. The molecule has 4 nitrogen and oxygen atoms in total. The van der Waals surface area contributed by atoms with Gasteiger partial charge in [-0.3, -0.25) is 0 Å². The Morgan fingerprint density at radius 2 is 1.70 bits per heavy atom. The predicted molar refractivity (Wildman–Crippen MR) is 153 cm³/mol. The minimum absolute atomic E-state index is 0.111. The summed E-state index contributed by atoms with van der Waals surface area (Å²) in [7, 11) is -4.05. The zero-order chi connectivity index (χ0) is 27.0. The lowest BCUT2D eigenvalue weighted by Crippen LogP contribution is -2.11. The fraction of sp³-hybridized carbons (Fsp3) is 0.312. The topological polar surface area (TPSA) is 63.6 Å². The van der Waals surface area contributed by atoms with E-state index in [1.54, 1.807) is 36.4 Å². The van der Waals surface area contributed by atoms with Crippen LogP contribution in [0.15, 0.2) is 84.3 Å². The number of allylic oxidation sites excluding steroid dienone is 3. The maximum Gasteiger partial charge on any atom is 0.339 e. The third-order valence-corrected chi connectivity index (χ3v) is 7.47. The fourth-order valence-corrected chi connectivity index (χ4v) is 5.10. The Hall–Kier alpha value is -3.31. The molecule has 0 aliphatic heterocycles. The van der Waals surface area contributed by atoms with Crippen LogP contribution in [0.25, 0.3) is 11.1 Å². The standard InChI is InChI=1S/C32H38O4S/c1-6-8-12-26-22-32(36-37(34,35)29-17-14-24(5)15-18-29)30(21-25(26)10-7-2)27-16-19-31(33)28(20-27)13-9-11-23(3)4/h7,9,11,14-23,33H,2,6,8,10,12-13H2,1,3-5H3/b11-9+. The van der Waals surface area contributed by atoms with Gasteiger partial charge in [0.05, 0.1) is 0 Å². The molecule has 0 aliphatic rings. The Morgan fingerprint density at radius 3 is 2.35 bits per heavy atom. The van der Waals surface area contributed by atoms with E-state index in [9.17, 15) is 13.5 Å². The second-order valence-electron chi connectivity index (χ2n) is 9.78. The number of aromatic hydroxyl groups is 1. The molecule has 0 aliphatic carbocycles. The smallest absolute Gasteiger partial charge is 0.339 e. The monoisotopic (exact) mass is 518 g/mol. The molecule has 37 heavy (non-hydrogen) atoms. The summed E-state index contributed by atoms with van der Waals surface area (Å²) in [5, 5.41) is 10.5. The molecule has 0 fully saturated rings. The van der Waals surface area contributed by atoms with E-state index in [0.717, 1.165) is 47.1 Å². The van der Waals surface area contributed by atoms with Crippen LogP contribution in [-0.4, -0.2) is 13.5 Å². The van der Waals surface area contributed by atoms with Crippen molar-refractivity contribution in [3.63, 3.8) is 0 Å². The van der Waals surface area contributed by atoms with E-state index in [0.29, 0.717) is 24.3 Å². The van der Waals surface area contributed by atoms with Crippen molar-refractivity contribution in [2.45, 2.75) is 64.7 Å². The first-order chi connectivity index (χ1) is 17.6. The van der Waals surface area contributed by atoms with Gasteiger partial charge in [-0.25, -0.2) is 0 Å². The van der Waals surface area contributed by atoms with Gasteiger partial charge in [-0.05, 0) is 97.2 Å². The van der Waals surface area contributed by atoms with Gasteiger partial charge in [0.1, 0.15) is 10.6 Å². The second-order valence-corrected chi connectivity index (χ2v) is 11.3. The van der Waals surface area contributed by atoms with Crippen LogP contribution in [0.5, 0.6) is 11.5 Å². The third-order valence-electron chi connectivity index (χ3n) is 6.22. The molecular formula is C32H38O4S. The van der Waals surface area contributed by atoms with Gasteiger partial charge in [0.15, 0.2) is 5.75 Å². The van der Waals surface area contributed by atoms with Crippen molar-refractivity contribution in [1.29, 1.82) is 0 Å². The van der Waals surface area contributed by atoms with Crippen LogP contribution in [0, 0.1) is 12.8 Å². The Morgan fingerprint density at radius 1 is 0.973 bits per heavy atom. The van der Waals surface area contributed by atoms with Gasteiger partial charge in [-0.2, -0.15) is 8.42 Å². The molecule has 3 aromatic carbocycles. The molecule has 0 heterocycles. The summed E-state index contributed by atoms with van der Waals surface area (Å²) < 4.78 is 32.4. The number of aryl methyl sites for hydroxylation is 2. The number of hydrogen-bond acceptors (Lipinski definition) is 4. The Kier molecular flexibility index (Phi) is 9.76. The van der Waals surface area contributed by atoms with Crippen molar-refractivity contribution < 1.29 is 17.7 Å². The lowest BCUT2D eigenvalue weighted by molar-refractivity contribution is 0.469. The number of benzene rings is 3. The van der Waals surface area contributed by atoms with Crippen molar-refractivity contribution in [1.82, 2.24) is 0 Å². The largest absolute Gasteiger partial charge is 0.508 e. The molecule has 3 aromatic rings. The van der Waals surface area contributed by atoms with E-state index < -0.39 is 10.1 Å². The first kappa shape index (κ1) is 28.3. The summed E-state index contributed by atoms with van der Waals surface area (Å²) in [5.41, 5.74) is 5.33. The van der Waals surface area contributed by atoms with E-state index in [1.165, 1.54) is 0 Å². The molecule has 0 saturated carbocycles. The highest BCUT2D eigenvalue weighted by atomic mass is 32.2. The third kappa shape index (κ3) is 7.59. The highest BCUT2D eigenvalue weighted by Gasteiger charge is 2.21. The second kappa shape index (κ2) is 12.8. The summed E-state index contributed by atoms with van der Waals surface area (Å²) in [6, 6.07) is 15.9. The first-order valence-corrected chi connectivity index (χ1v) is 14.3. The average Bonchev–Trinajstić information content (AvgIpc) is 2.85. The van der Waals surface area contributed by atoms with Crippen LogP contribution in [0.2, 0.25) is 0 Å². The number of unbranched alkanes of at least 4 members (excludes halogenated alkanes) is 1. The van der Waals surface area contributed by atoms with Crippen molar-refractivity contribution in [3.8, 4) is 22.6 Å². The van der Waals surface area contributed by atoms with Crippen molar-refractivity contribution in [2.24, 2.45) is 5.92 Å². The van der Waals surface area contributed by atoms with Gasteiger partial charge in [-0.1, -0.05) is 69.2 Å². The SMILES string of the molecule is C=CCc1cc(-c2ccc(O)c(C/C=C/C(C)C)c2)c(OS(=O)(=O)c2ccc(C)cc2)cc1CCCC. The highest BCUT2D eigenvalue weighted by Crippen LogP contribution is 2.37. The molecule has 0 bridgehead atoms. The maximum absolute atomic E-state index is 13.3. The number of phenolic OH excluding ortho intramolecular Hbond substituents is 1. The molecular weight excluding hydrogens is 480 g/mol. The van der Waals surface area contributed by atoms with E-state index in [4.69, 9.17) is 4.18 Å². The van der Waals surface area contributed by atoms with Crippen LogP contribution in [0.3, 0.4) is 0 Å². The molecule has 0 atom stereocenters. The molecule has 0 spiro atoms. The van der Waals surface area contributed by atoms with Gasteiger partial charge in [0.2, 0.25) is 0 Å². The van der Waals surface area contributed by atoms with Crippen LogP contribution >= 0.6 is 0 Å². The summed E-state index contributed by atoms with van der Waals surface area (Å²) in [4.78, 5) is 0.111. The molecule has 0 saturated heterocycles. The van der Waals surface area contributed by atoms with Crippen molar-refractivity contribution in [3.05, 3.63) is 102 Å². The van der Waals surface area contributed by atoms with Crippen LogP contribution in [0.1, 0.15) is 55.9 Å². The minimum Gasteiger partial charge on any atom is -0.508 e. The molecule has 0 radical (unpaired) electrons. The first-order valence-electron chi connectivity index (χ1n) is 12.9.